The van der Waals surface area contributed by atoms with Gasteiger partial charge in [0, 0.05) is 0 Å². The molecule has 0 amide bonds. The summed E-state index contributed by atoms with van der Waals surface area (Å²) in [6.45, 7) is 8.27. The molecular weight excluding hydrogens is 302 g/mol. The third-order valence-electron chi connectivity index (χ3n) is 3.69. The fourth-order valence-corrected chi connectivity index (χ4v) is 3.93. The summed E-state index contributed by atoms with van der Waals surface area (Å²) in [5.41, 5.74) is 3.21. The number of rotatable bonds is 3. The van der Waals surface area contributed by atoms with Crippen LogP contribution >= 0.6 is 22.9 Å². The fraction of sp³-hybridized carbons (Fsp3) is 0.375. The third kappa shape index (κ3) is 2.47. The Morgan fingerprint density at radius 1 is 1.14 bits per heavy atom. The van der Waals surface area contributed by atoms with Gasteiger partial charge in [-0.3, -0.25) is 0 Å². The van der Waals surface area contributed by atoms with Crippen molar-refractivity contribution in [3.05, 3.63) is 45.7 Å². The molecule has 3 aromatic rings. The summed E-state index contributed by atoms with van der Waals surface area (Å²) in [6.07, 6.45) is 0. The number of aryl methyl sites for hydroxylation is 2. The monoisotopic (exact) mass is 319 g/mol. The number of hydrogen-bond donors (Lipinski definition) is 0. The van der Waals surface area contributed by atoms with Gasteiger partial charge in [-0.05, 0) is 39.8 Å². The highest BCUT2D eigenvalue weighted by Crippen LogP contribution is 2.34. The minimum Gasteiger partial charge on any atom is -0.318 e. The molecule has 1 aromatic carbocycles. The Morgan fingerprint density at radius 3 is 2.48 bits per heavy atom. The van der Waals surface area contributed by atoms with E-state index in [1.165, 1.54) is 4.88 Å². The van der Waals surface area contributed by atoms with Crippen molar-refractivity contribution in [1.82, 2.24) is 14.5 Å². The molecule has 0 radical (unpaired) electrons. The number of thiazole rings is 1. The van der Waals surface area contributed by atoms with E-state index in [2.05, 4.69) is 29.5 Å². The number of imidazole rings is 1. The first-order valence-corrected chi connectivity index (χ1v) is 8.29. The summed E-state index contributed by atoms with van der Waals surface area (Å²) in [5.74, 6) is 0.913. The summed E-state index contributed by atoms with van der Waals surface area (Å²) in [6, 6.07) is 8.37. The van der Waals surface area contributed by atoms with Gasteiger partial charge in [0.15, 0.2) is 0 Å². The molecule has 0 aliphatic carbocycles. The van der Waals surface area contributed by atoms with Crippen LogP contribution < -0.4 is 0 Å². The van der Waals surface area contributed by atoms with Gasteiger partial charge in [0.2, 0.25) is 0 Å². The summed E-state index contributed by atoms with van der Waals surface area (Å²) in [4.78, 5) is 10.5. The first-order chi connectivity index (χ1) is 9.99. The van der Waals surface area contributed by atoms with Crippen molar-refractivity contribution in [2.45, 2.75) is 39.1 Å². The molecule has 5 heteroatoms. The number of halogens is 1. The van der Waals surface area contributed by atoms with Crippen LogP contribution in [0.5, 0.6) is 0 Å². The van der Waals surface area contributed by atoms with E-state index in [0.29, 0.717) is 0 Å². The highest BCUT2D eigenvalue weighted by Gasteiger charge is 2.22. The van der Waals surface area contributed by atoms with Crippen molar-refractivity contribution in [3.63, 3.8) is 0 Å². The maximum absolute atomic E-state index is 6.36. The van der Waals surface area contributed by atoms with Crippen LogP contribution in [0.3, 0.4) is 0 Å². The van der Waals surface area contributed by atoms with Gasteiger partial charge in [-0.25, -0.2) is 9.97 Å². The maximum Gasteiger partial charge on any atom is 0.128 e. The zero-order valence-corrected chi connectivity index (χ0v) is 14.2. The van der Waals surface area contributed by atoms with E-state index in [-0.39, 0.29) is 11.4 Å². The molecule has 2 atom stereocenters. The molecule has 3 rings (SSSR count). The van der Waals surface area contributed by atoms with E-state index >= 15 is 0 Å². The lowest BCUT2D eigenvalue weighted by atomic mass is 10.2. The Kier molecular flexibility index (Phi) is 3.76. The average Bonchev–Trinajstić information content (AvgIpc) is 2.98. The largest absolute Gasteiger partial charge is 0.318 e. The van der Waals surface area contributed by atoms with E-state index in [4.69, 9.17) is 16.6 Å². The number of fused-ring (bicyclic) bond motifs is 1. The predicted octanol–water partition coefficient (Wildman–Crippen LogP) is 5.02. The Bertz CT molecular complexity index is 788. The fourth-order valence-electron chi connectivity index (χ4n) is 2.80. The minimum absolute atomic E-state index is 0.130. The second-order valence-electron chi connectivity index (χ2n) is 5.30. The van der Waals surface area contributed by atoms with E-state index < -0.39 is 0 Å². The number of alkyl halides is 1. The topological polar surface area (TPSA) is 30.7 Å². The molecule has 2 aromatic heterocycles. The zero-order valence-electron chi connectivity index (χ0n) is 12.6. The second kappa shape index (κ2) is 5.43. The van der Waals surface area contributed by atoms with Crippen LogP contribution in [0.15, 0.2) is 24.3 Å². The van der Waals surface area contributed by atoms with Crippen molar-refractivity contribution in [2.75, 3.05) is 0 Å². The van der Waals surface area contributed by atoms with Gasteiger partial charge in [0.05, 0.1) is 38.0 Å². The molecule has 0 aliphatic heterocycles. The van der Waals surface area contributed by atoms with E-state index in [0.717, 1.165) is 27.6 Å². The number of aromatic nitrogens is 3. The van der Waals surface area contributed by atoms with Gasteiger partial charge >= 0.3 is 0 Å². The number of para-hydroxylation sites is 2. The van der Waals surface area contributed by atoms with Crippen LogP contribution in [0, 0.1) is 13.8 Å². The first-order valence-electron chi connectivity index (χ1n) is 7.04. The molecule has 0 spiro atoms. The van der Waals surface area contributed by atoms with E-state index in [1.54, 1.807) is 11.3 Å². The molecule has 0 aliphatic rings. The van der Waals surface area contributed by atoms with E-state index in [1.807, 2.05) is 32.0 Å². The molecule has 2 unspecified atom stereocenters. The van der Waals surface area contributed by atoms with Crippen LogP contribution in [0.1, 0.15) is 46.7 Å². The van der Waals surface area contributed by atoms with Crippen LogP contribution in [-0.2, 0) is 0 Å². The Morgan fingerprint density at radius 2 is 1.86 bits per heavy atom. The summed E-state index contributed by atoms with van der Waals surface area (Å²) in [5, 5.41) is 0.966. The number of nitrogens with zero attached hydrogens (tertiary/aromatic N) is 3. The van der Waals surface area contributed by atoms with Crippen molar-refractivity contribution in [2.24, 2.45) is 0 Å². The van der Waals surface area contributed by atoms with Gasteiger partial charge in [0.25, 0.3) is 0 Å². The van der Waals surface area contributed by atoms with Crippen molar-refractivity contribution in [1.29, 1.82) is 0 Å². The zero-order chi connectivity index (χ0) is 15.1. The van der Waals surface area contributed by atoms with Crippen molar-refractivity contribution in [3.8, 4) is 0 Å². The van der Waals surface area contributed by atoms with Gasteiger partial charge in [-0.2, -0.15) is 0 Å². The second-order valence-corrected chi connectivity index (χ2v) is 7.19. The SMILES string of the molecule is Cc1nc(C)c(C(C)n2c(C(C)Cl)nc3ccccc32)s1. The average molecular weight is 320 g/mol. The Hall–Kier alpha value is -1.39. The molecule has 0 fully saturated rings. The third-order valence-corrected chi connectivity index (χ3v) is 5.12. The lowest BCUT2D eigenvalue weighted by molar-refractivity contribution is 0.623. The molecule has 2 heterocycles. The van der Waals surface area contributed by atoms with Crippen LogP contribution in [0.25, 0.3) is 11.0 Å². The molecule has 21 heavy (non-hydrogen) atoms. The van der Waals surface area contributed by atoms with Gasteiger partial charge in [0.1, 0.15) is 5.82 Å². The quantitative estimate of drug-likeness (QED) is 0.635. The lowest BCUT2D eigenvalue weighted by Gasteiger charge is -2.18. The molecule has 0 bridgehead atoms. The van der Waals surface area contributed by atoms with Gasteiger partial charge in [-0.15, -0.1) is 22.9 Å². The number of hydrogen-bond acceptors (Lipinski definition) is 3. The van der Waals surface area contributed by atoms with Crippen LogP contribution in [0.2, 0.25) is 0 Å². The van der Waals surface area contributed by atoms with Crippen molar-refractivity contribution >= 4 is 34.0 Å². The maximum atomic E-state index is 6.36. The lowest BCUT2D eigenvalue weighted by Crippen LogP contribution is -2.11. The number of benzene rings is 1. The molecule has 0 saturated carbocycles. The Labute approximate surface area is 133 Å². The molecule has 0 N–H and O–H groups in total. The van der Waals surface area contributed by atoms with Gasteiger partial charge in [-0.1, -0.05) is 12.1 Å². The van der Waals surface area contributed by atoms with Crippen LogP contribution in [0.4, 0.5) is 0 Å². The summed E-state index contributed by atoms with van der Waals surface area (Å²) < 4.78 is 2.24. The normalized spacial score (nSPS) is 14.5. The van der Waals surface area contributed by atoms with E-state index in [9.17, 15) is 0 Å². The highest BCUT2D eigenvalue weighted by atomic mass is 35.5. The highest BCUT2D eigenvalue weighted by molar-refractivity contribution is 7.11. The van der Waals surface area contributed by atoms with Crippen molar-refractivity contribution < 1.29 is 0 Å². The molecule has 3 nitrogen and oxygen atoms in total. The Balaban J connectivity index is 2.22. The smallest absolute Gasteiger partial charge is 0.128 e. The van der Waals surface area contributed by atoms with Crippen LogP contribution in [-0.4, -0.2) is 14.5 Å². The predicted molar refractivity (Wildman–Crippen MR) is 89.4 cm³/mol. The van der Waals surface area contributed by atoms with Gasteiger partial charge < -0.3 is 4.57 Å². The molecular formula is C16H18ClN3S. The summed E-state index contributed by atoms with van der Waals surface area (Å²) in [7, 11) is 0. The minimum atomic E-state index is -0.130. The standard InChI is InChI=1S/C16H18ClN3S/c1-9(17)16-19-13-7-5-6-8-14(13)20(16)11(3)15-10(2)18-12(4)21-15/h5-9,11H,1-4H3. The summed E-state index contributed by atoms with van der Waals surface area (Å²) >= 11 is 8.11. The molecule has 0 saturated heterocycles. The molecule has 110 valence electrons. The first kappa shape index (κ1) is 14.5.